The molecule has 0 aliphatic carbocycles. The Balaban J connectivity index is 1.82. The predicted octanol–water partition coefficient (Wildman–Crippen LogP) is 3.44. The molecule has 0 unspecified atom stereocenters. The highest BCUT2D eigenvalue weighted by molar-refractivity contribution is 6.34. The van der Waals surface area contributed by atoms with E-state index in [0.717, 1.165) is 5.56 Å². The number of amides is 2. The number of nitrogens with one attached hydrogen (secondary N) is 2. The first-order valence-electron chi connectivity index (χ1n) is 7.68. The van der Waals surface area contributed by atoms with Crippen molar-refractivity contribution in [1.82, 2.24) is 5.32 Å². The molecule has 0 bridgehead atoms. The molecule has 0 saturated carbocycles. The van der Waals surface area contributed by atoms with Gasteiger partial charge < -0.3 is 20.1 Å². The van der Waals surface area contributed by atoms with Crippen LogP contribution in [0.1, 0.15) is 5.56 Å². The molecule has 0 heterocycles. The van der Waals surface area contributed by atoms with Crippen LogP contribution in [0.4, 0.5) is 5.69 Å². The second-order valence-corrected chi connectivity index (χ2v) is 6.24. The minimum Gasteiger partial charge on any atom is -0.495 e. The third-order valence-corrected chi connectivity index (χ3v) is 3.87. The number of halogens is 2. The molecule has 2 aromatic rings. The zero-order valence-electron chi connectivity index (χ0n) is 14.3. The van der Waals surface area contributed by atoms with E-state index >= 15 is 0 Å². The molecule has 6 nitrogen and oxygen atoms in total. The van der Waals surface area contributed by atoms with E-state index in [-0.39, 0.29) is 19.1 Å². The van der Waals surface area contributed by atoms with Crippen LogP contribution in [-0.4, -0.2) is 32.1 Å². The van der Waals surface area contributed by atoms with E-state index in [2.05, 4.69) is 10.6 Å². The number of hydrogen-bond acceptors (Lipinski definition) is 4. The topological polar surface area (TPSA) is 76.7 Å². The number of carbonyl (C=O) groups excluding carboxylic acids is 2. The number of rotatable bonds is 7. The molecule has 2 N–H and O–H groups in total. The van der Waals surface area contributed by atoms with Crippen LogP contribution < -0.4 is 20.1 Å². The zero-order chi connectivity index (χ0) is 19.1. The van der Waals surface area contributed by atoms with E-state index in [9.17, 15) is 9.59 Å². The number of aryl methyl sites for hydroxylation is 1. The van der Waals surface area contributed by atoms with Crippen LogP contribution in [0, 0.1) is 6.92 Å². The van der Waals surface area contributed by atoms with Crippen LogP contribution >= 0.6 is 23.2 Å². The standard InChI is InChI=1S/C18H18Cl2N2O4/c1-11-3-6-15(25-2)14(7-11)22-17(23)9-21-18(24)10-26-16-8-12(19)4-5-13(16)20/h3-8H,9-10H2,1-2H3,(H,21,24)(H,22,23). The molecule has 0 fully saturated rings. The molecule has 2 aromatic carbocycles. The molecule has 2 rings (SSSR count). The number of methoxy groups -OCH3 is 1. The zero-order valence-corrected chi connectivity index (χ0v) is 15.8. The van der Waals surface area contributed by atoms with Gasteiger partial charge in [-0.3, -0.25) is 9.59 Å². The average molecular weight is 397 g/mol. The maximum atomic E-state index is 12.0. The Morgan fingerprint density at radius 1 is 1.04 bits per heavy atom. The van der Waals surface area contributed by atoms with Gasteiger partial charge in [0.2, 0.25) is 5.91 Å². The van der Waals surface area contributed by atoms with Crippen LogP contribution in [0.5, 0.6) is 11.5 Å². The molecule has 0 aromatic heterocycles. The number of carbonyl (C=O) groups is 2. The molecule has 8 heteroatoms. The largest absolute Gasteiger partial charge is 0.495 e. The molecule has 26 heavy (non-hydrogen) atoms. The Labute approximate surface area is 161 Å². The van der Waals surface area contributed by atoms with Gasteiger partial charge in [-0.15, -0.1) is 0 Å². The van der Waals surface area contributed by atoms with Gasteiger partial charge in [-0.25, -0.2) is 0 Å². The fraction of sp³-hybridized carbons (Fsp3) is 0.222. The second kappa shape index (κ2) is 9.31. The van der Waals surface area contributed by atoms with E-state index < -0.39 is 5.91 Å². The van der Waals surface area contributed by atoms with E-state index in [0.29, 0.717) is 27.2 Å². The lowest BCUT2D eigenvalue weighted by molar-refractivity contribution is -0.125. The third-order valence-electron chi connectivity index (χ3n) is 3.33. The summed E-state index contributed by atoms with van der Waals surface area (Å²) >= 11 is 11.8. The van der Waals surface area contributed by atoms with Gasteiger partial charge in [-0.05, 0) is 36.8 Å². The van der Waals surface area contributed by atoms with Crippen molar-refractivity contribution in [3.05, 3.63) is 52.0 Å². The molecule has 0 spiro atoms. The van der Waals surface area contributed by atoms with Gasteiger partial charge in [0.05, 0.1) is 24.4 Å². The summed E-state index contributed by atoms with van der Waals surface area (Å²) in [5.41, 5.74) is 1.51. The summed E-state index contributed by atoms with van der Waals surface area (Å²) in [4.78, 5) is 23.8. The molecule has 138 valence electrons. The minimum absolute atomic E-state index is 0.206. The number of anilines is 1. The summed E-state index contributed by atoms with van der Waals surface area (Å²) in [7, 11) is 1.51. The van der Waals surface area contributed by atoms with Gasteiger partial charge in [-0.1, -0.05) is 29.3 Å². The van der Waals surface area contributed by atoms with Crippen molar-refractivity contribution >= 4 is 40.7 Å². The number of hydrogen-bond donors (Lipinski definition) is 2. The van der Waals surface area contributed by atoms with E-state index in [4.69, 9.17) is 32.7 Å². The van der Waals surface area contributed by atoms with Crippen LogP contribution in [0.2, 0.25) is 10.0 Å². The van der Waals surface area contributed by atoms with Crippen molar-refractivity contribution < 1.29 is 19.1 Å². The Hall–Kier alpha value is -2.44. The van der Waals surface area contributed by atoms with Gasteiger partial charge in [0.15, 0.2) is 6.61 Å². The monoisotopic (exact) mass is 396 g/mol. The van der Waals surface area contributed by atoms with Crippen molar-refractivity contribution in [1.29, 1.82) is 0 Å². The van der Waals surface area contributed by atoms with Gasteiger partial charge >= 0.3 is 0 Å². The Morgan fingerprint density at radius 2 is 1.81 bits per heavy atom. The van der Waals surface area contributed by atoms with Crippen LogP contribution in [0.25, 0.3) is 0 Å². The molecule has 0 aliphatic heterocycles. The highest BCUT2D eigenvalue weighted by Gasteiger charge is 2.11. The summed E-state index contributed by atoms with van der Waals surface area (Å²) in [6.45, 7) is 1.40. The Bertz CT molecular complexity index is 812. The van der Waals surface area contributed by atoms with Crippen molar-refractivity contribution in [3.8, 4) is 11.5 Å². The van der Waals surface area contributed by atoms with Gasteiger partial charge in [-0.2, -0.15) is 0 Å². The van der Waals surface area contributed by atoms with E-state index in [1.807, 2.05) is 13.0 Å². The summed E-state index contributed by atoms with van der Waals surface area (Å²) in [5, 5.41) is 5.94. The average Bonchev–Trinajstić information content (AvgIpc) is 2.61. The van der Waals surface area contributed by atoms with E-state index in [1.54, 1.807) is 24.3 Å². The molecule has 0 radical (unpaired) electrons. The van der Waals surface area contributed by atoms with Crippen molar-refractivity contribution in [2.24, 2.45) is 0 Å². The van der Waals surface area contributed by atoms with Gasteiger partial charge in [0.1, 0.15) is 11.5 Å². The fourth-order valence-corrected chi connectivity index (χ4v) is 2.41. The summed E-state index contributed by atoms with van der Waals surface area (Å²) < 4.78 is 10.5. The lowest BCUT2D eigenvalue weighted by atomic mass is 10.2. The maximum Gasteiger partial charge on any atom is 0.258 e. The van der Waals surface area contributed by atoms with Crippen LogP contribution in [0.15, 0.2) is 36.4 Å². The second-order valence-electron chi connectivity index (χ2n) is 5.39. The fourth-order valence-electron chi connectivity index (χ4n) is 2.07. The normalized spacial score (nSPS) is 10.2. The first kappa shape index (κ1) is 19.9. The van der Waals surface area contributed by atoms with Crippen LogP contribution in [0.3, 0.4) is 0 Å². The predicted molar refractivity (Wildman–Crippen MR) is 101 cm³/mol. The van der Waals surface area contributed by atoms with Gasteiger partial charge in [0.25, 0.3) is 5.91 Å². The molecule has 0 saturated heterocycles. The first-order chi connectivity index (χ1) is 12.4. The lowest BCUT2D eigenvalue weighted by Gasteiger charge is -2.12. The quantitative estimate of drug-likeness (QED) is 0.751. The first-order valence-corrected chi connectivity index (χ1v) is 8.43. The SMILES string of the molecule is COc1ccc(C)cc1NC(=O)CNC(=O)COc1cc(Cl)ccc1Cl. The highest BCUT2D eigenvalue weighted by Crippen LogP contribution is 2.27. The smallest absolute Gasteiger partial charge is 0.258 e. The van der Waals surface area contributed by atoms with Gasteiger partial charge in [0, 0.05) is 11.1 Å². The Kier molecular flexibility index (Phi) is 7.12. The Morgan fingerprint density at radius 3 is 2.54 bits per heavy atom. The van der Waals surface area contributed by atoms with E-state index in [1.165, 1.54) is 13.2 Å². The van der Waals surface area contributed by atoms with Crippen molar-refractivity contribution in [3.63, 3.8) is 0 Å². The summed E-state index contributed by atoms with van der Waals surface area (Å²) in [5.74, 6) is -0.0205. The number of benzene rings is 2. The molecule has 0 aliphatic rings. The maximum absolute atomic E-state index is 12.0. The summed E-state index contributed by atoms with van der Waals surface area (Å²) in [6.07, 6.45) is 0. The summed E-state index contributed by atoms with van der Waals surface area (Å²) in [6, 6.07) is 10.1. The highest BCUT2D eigenvalue weighted by atomic mass is 35.5. The lowest BCUT2D eigenvalue weighted by Crippen LogP contribution is -2.35. The molecular formula is C18H18Cl2N2O4. The van der Waals surface area contributed by atoms with Crippen molar-refractivity contribution in [2.45, 2.75) is 6.92 Å². The van der Waals surface area contributed by atoms with Crippen LogP contribution in [-0.2, 0) is 9.59 Å². The van der Waals surface area contributed by atoms with Crippen molar-refractivity contribution in [2.75, 3.05) is 25.6 Å². The molecule has 0 atom stereocenters. The minimum atomic E-state index is -0.465. The molecule has 2 amide bonds. The molecular weight excluding hydrogens is 379 g/mol. The number of ether oxygens (including phenoxy) is 2. The third kappa shape index (κ3) is 5.82.